The molecule has 41 heavy (non-hydrogen) atoms. The van der Waals surface area contributed by atoms with Gasteiger partial charge in [0.05, 0.1) is 12.6 Å². The summed E-state index contributed by atoms with van der Waals surface area (Å²) in [6, 6.07) is 6.05. The van der Waals surface area contributed by atoms with Gasteiger partial charge in [-0.3, -0.25) is 19.2 Å². The maximum atomic E-state index is 13.1. The third-order valence-electron chi connectivity index (χ3n) is 8.19. The van der Waals surface area contributed by atoms with Crippen LogP contribution in [0, 0.1) is 0 Å². The summed E-state index contributed by atoms with van der Waals surface area (Å²) < 4.78 is 27.3. The van der Waals surface area contributed by atoms with Gasteiger partial charge >= 0.3 is 0 Å². The Morgan fingerprint density at radius 3 is 2.46 bits per heavy atom. The molecule has 0 spiro atoms. The topological polar surface area (TPSA) is 140 Å². The van der Waals surface area contributed by atoms with Crippen LogP contribution in [-0.4, -0.2) is 116 Å². The molecule has 4 heterocycles. The average Bonchev–Trinajstić information content (AvgIpc) is 3.55. The number of piperazine rings is 1. The van der Waals surface area contributed by atoms with Crippen LogP contribution in [0.4, 0.5) is 5.69 Å². The lowest BCUT2D eigenvalue weighted by Gasteiger charge is -2.34. The lowest BCUT2D eigenvalue weighted by atomic mass is 10.1. The Bertz CT molecular complexity index is 1370. The number of unbranched alkanes of at least 4 members (excludes halogenated alkanes) is 1. The monoisotopic (exact) mass is 584 g/mol. The molecule has 0 aromatic heterocycles. The number of Topliss-reactive ketones (excluding diaryl/α,β-unsaturated/α-hetero) is 2. The number of nitrogens with one attached hydrogen (secondary N) is 1. The van der Waals surface area contributed by atoms with Crippen LogP contribution in [0.15, 0.2) is 41.5 Å². The van der Waals surface area contributed by atoms with Crippen molar-refractivity contribution in [1.29, 1.82) is 0 Å². The summed E-state index contributed by atoms with van der Waals surface area (Å²) in [6.07, 6.45) is 4.32. The zero-order valence-corrected chi connectivity index (χ0v) is 24.0. The van der Waals surface area contributed by atoms with Gasteiger partial charge in [0.1, 0.15) is 6.04 Å². The Hall–Kier alpha value is -3.42. The Morgan fingerprint density at radius 2 is 1.76 bits per heavy atom. The number of aliphatic imine (C=N–C) groups is 1. The first kappa shape index (κ1) is 29.1. The third-order valence-corrected chi connectivity index (χ3v) is 10.0. The number of nitrogens with zero attached hydrogens (tertiary/aromatic N) is 5. The lowest BCUT2D eigenvalue weighted by molar-refractivity contribution is -0.136. The fourth-order valence-corrected chi connectivity index (χ4v) is 7.53. The number of benzene rings is 1. The summed E-state index contributed by atoms with van der Waals surface area (Å²) in [6.45, 7) is 4.24. The molecular weight excluding hydrogens is 548 g/mol. The molecular formula is C28H36N6O6S. The first-order valence-corrected chi connectivity index (χ1v) is 15.5. The number of amides is 2. The van der Waals surface area contributed by atoms with Gasteiger partial charge in [-0.2, -0.15) is 4.31 Å². The van der Waals surface area contributed by atoms with Crippen LogP contribution < -0.4 is 10.2 Å². The van der Waals surface area contributed by atoms with Crippen LogP contribution >= 0.6 is 0 Å². The second-order valence-electron chi connectivity index (χ2n) is 10.9. The fraction of sp³-hybridized carbons (Fsp3) is 0.536. The smallest absolute Gasteiger partial charge is 0.264 e. The number of hydrogen-bond donors (Lipinski definition) is 1. The minimum atomic E-state index is -4.23. The van der Waals surface area contributed by atoms with Crippen molar-refractivity contribution in [2.24, 2.45) is 4.99 Å². The molecule has 1 N–H and O–H groups in total. The third kappa shape index (κ3) is 6.11. The number of sulfonamides is 1. The highest BCUT2D eigenvalue weighted by molar-refractivity contribution is 8.06. The first-order valence-electron chi connectivity index (χ1n) is 14.1. The number of hydrogen-bond acceptors (Lipinski definition) is 9. The van der Waals surface area contributed by atoms with Gasteiger partial charge in [0, 0.05) is 69.6 Å². The Kier molecular flexibility index (Phi) is 8.66. The van der Waals surface area contributed by atoms with Crippen molar-refractivity contribution >= 4 is 44.1 Å². The molecule has 2 unspecified atom stereocenters. The van der Waals surface area contributed by atoms with E-state index < -0.39 is 32.9 Å². The standard InChI is InChI=1S/C28H36N6O6S/c1-31-15-17-32(18-16-31)21-9-7-20(8-10-21)27(38)29-12-3-2-6-25(37)33-14-11-22-26(33)24(36)19-34(22)41(39,40)28-23(35)5-4-13-30-28/h4,7-10,13,22,26H,2-3,5-6,11-12,14-19H2,1H3,(H,29,38). The van der Waals surface area contributed by atoms with Crippen LogP contribution in [0.2, 0.25) is 0 Å². The fourth-order valence-electron chi connectivity index (χ4n) is 5.87. The van der Waals surface area contributed by atoms with Crippen LogP contribution in [0.25, 0.3) is 0 Å². The zero-order valence-electron chi connectivity index (χ0n) is 23.2. The quantitative estimate of drug-likeness (QED) is 0.434. The number of carbonyl (C=O) groups is 4. The van der Waals surface area contributed by atoms with Crippen molar-refractivity contribution < 1.29 is 27.6 Å². The molecule has 0 radical (unpaired) electrons. The molecule has 0 bridgehead atoms. The van der Waals surface area contributed by atoms with E-state index in [9.17, 15) is 27.6 Å². The summed E-state index contributed by atoms with van der Waals surface area (Å²) in [5.74, 6) is -1.35. The van der Waals surface area contributed by atoms with Gasteiger partial charge < -0.3 is 20.0 Å². The first-order chi connectivity index (χ1) is 19.7. The molecule has 1 aromatic rings. The number of carbonyl (C=O) groups excluding carboxylic acids is 4. The van der Waals surface area contributed by atoms with E-state index in [0.29, 0.717) is 31.4 Å². The SMILES string of the molecule is CN1CCN(c2ccc(C(=O)NCCCCC(=O)N3CCC4C3C(=O)CN4S(=O)(=O)C3=NC=CCC3=O)cc2)CC1. The van der Waals surface area contributed by atoms with E-state index in [1.165, 1.54) is 17.2 Å². The molecule has 3 saturated heterocycles. The number of anilines is 1. The van der Waals surface area contributed by atoms with Gasteiger partial charge in [-0.1, -0.05) is 6.08 Å². The molecule has 2 atom stereocenters. The number of likely N-dealkylation sites (N-methyl/N-ethyl adjacent to an activating group) is 1. The van der Waals surface area contributed by atoms with E-state index in [2.05, 4.69) is 27.2 Å². The highest BCUT2D eigenvalue weighted by Gasteiger charge is 2.54. The summed E-state index contributed by atoms with van der Waals surface area (Å²) in [5.41, 5.74) is 1.69. The molecule has 4 aliphatic rings. The van der Waals surface area contributed by atoms with E-state index in [0.717, 1.165) is 36.2 Å². The van der Waals surface area contributed by atoms with Crippen molar-refractivity contribution in [1.82, 2.24) is 19.4 Å². The molecule has 0 saturated carbocycles. The second kappa shape index (κ2) is 12.2. The summed E-state index contributed by atoms with van der Waals surface area (Å²) in [5, 5.41) is 2.34. The number of ketones is 2. The van der Waals surface area contributed by atoms with E-state index in [1.54, 1.807) is 0 Å². The molecule has 0 aliphatic carbocycles. The van der Waals surface area contributed by atoms with E-state index in [4.69, 9.17) is 0 Å². The van der Waals surface area contributed by atoms with Crippen molar-refractivity contribution in [2.75, 3.05) is 57.8 Å². The normalized spacial score (nSPS) is 23.6. The highest BCUT2D eigenvalue weighted by Crippen LogP contribution is 2.33. The molecule has 4 aliphatic heterocycles. The Balaban J connectivity index is 1.07. The molecule has 13 heteroatoms. The predicted molar refractivity (Wildman–Crippen MR) is 153 cm³/mol. The maximum absolute atomic E-state index is 13.1. The summed E-state index contributed by atoms with van der Waals surface area (Å²) in [7, 11) is -2.12. The lowest BCUT2D eigenvalue weighted by Crippen LogP contribution is -2.45. The van der Waals surface area contributed by atoms with Crippen LogP contribution in [0.1, 0.15) is 42.5 Å². The van der Waals surface area contributed by atoms with Crippen LogP contribution in [-0.2, 0) is 24.4 Å². The molecule has 3 fully saturated rings. The van der Waals surface area contributed by atoms with Crippen LogP contribution in [0.5, 0.6) is 0 Å². The number of rotatable bonds is 8. The predicted octanol–water partition coefficient (Wildman–Crippen LogP) is 0.408. The zero-order chi connectivity index (χ0) is 29.1. The van der Waals surface area contributed by atoms with E-state index in [-0.39, 0.29) is 43.5 Å². The Labute approximate surface area is 240 Å². The van der Waals surface area contributed by atoms with E-state index >= 15 is 0 Å². The second-order valence-corrected chi connectivity index (χ2v) is 12.7. The maximum Gasteiger partial charge on any atom is 0.264 e. The molecule has 5 rings (SSSR count). The molecule has 1 aromatic carbocycles. The van der Waals surface area contributed by atoms with Gasteiger partial charge in [-0.25, -0.2) is 13.4 Å². The van der Waals surface area contributed by atoms with Gasteiger partial charge in [0.25, 0.3) is 15.9 Å². The Morgan fingerprint density at radius 1 is 1.02 bits per heavy atom. The van der Waals surface area contributed by atoms with Crippen molar-refractivity contribution in [3.8, 4) is 0 Å². The minimum Gasteiger partial charge on any atom is -0.369 e. The number of likely N-dealkylation sites (tertiary alicyclic amines) is 1. The van der Waals surface area contributed by atoms with Crippen LogP contribution in [0.3, 0.4) is 0 Å². The van der Waals surface area contributed by atoms with E-state index in [1.807, 2.05) is 24.3 Å². The van der Waals surface area contributed by atoms with Gasteiger partial charge in [-0.05, 0) is 50.6 Å². The highest BCUT2D eigenvalue weighted by atomic mass is 32.2. The number of fused-ring (bicyclic) bond motifs is 1. The molecule has 2 amide bonds. The molecule has 220 valence electrons. The average molecular weight is 585 g/mol. The van der Waals surface area contributed by atoms with Gasteiger partial charge in [0.15, 0.2) is 11.6 Å². The van der Waals surface area contributed by atoms with Crippen molar-refractivity contribution in [2.45, 2.75) is 44.2 Å². The van der Waals surface area contributed by atoms with Crippen molar-refractivity contribution in [3.05, 3.63) is 42.1 Å². The largest absolute Gasteiger partial charge is 0.369 e. The molecule has 12 nitrogen and oxygen atoms in total. The summed E-state index contributed by atoms with van der Waals surface area (Å²) >= 11 is 0. The van der Waals surface area contributed by atoms with Gasteiger partial charge in [-0.15, -0.1) is 0 Å². The van der Waals surface area contributed by atoms with Crippen molar-refractivity contribution in [3.63, 3.8) is 0 Å². The summed E-state index contributed by atoms with van der Waals surface area (Å²) in [4.78, 5) is 60.3. The minimum absolute atomic E-state index is 0.0534. The van der Waals surface area contributed by atoms with Gasteiger partial charge in [0.2, 0.25) is 11.0 Å². The number of allylic oxidation sites excluding steroid dienone is 1.